The quantitative estimate of drug-likeness (QED) is 0.663. The molecule has 2 heterocycles. The molecule has 0 aliphatic rings. The first-order chi connectivity index (χ1) is 11.2. The van der Waals surface area contributed by atoms with Crippen LogP contribution in [0.25, 0.3) is 5.69 Å². The largest absolute Gasteiger partial charge is 0.495 e. The molecule has 0 aliphatic heterocycles. The van der Waals surface area contributed by atoms with Gasteiger partial charge in [0.25, 0.3) is 0 Å². The van der Waals surface area contributed by atoms with Crippen molar-refractivity contribution in [2.75, 3.05) is 7.11 Å². The molecular weight excluding hydrogens is 313 g/mol. The number of ether oxygens (including phenoxy) is 1. The first-order valence-electron chi connectivity index (χ1n) is 7.09. The van der Waals surface area contributed by atoms with Crippen LogP contribution in [0.15, 0.2) is 54.1 Å². The molecule has 0 fully saturated rings. The summed E-state index contributed by atoms with van der Waals surface area (Å²) in [5, 5.41) is 0.821. The van der Waals surface area contributed by atoms with E-state index in [4.69, 9.17) is 4.74 Å². The Bertz CT molecular complexity index is 802. The van der Waals surface area contributed by atoms with Crippen molar-refractivity contribution >= 4 is 11.8 Å². The van der Waals surface area contributed by atoms with Gasteiger partial charge >= 0.3 is 0 Å². The highest BCUT2D eigenvalue weighted by Crippen LogP contribution is 2.29. The van der Waals surface area contributed by atoms with Gasteiger partial charge in [-0.05, 0) is 42.8 Å². The number of hydrogen-bond donors (Lipinski definition) is 0. The predicted molar refractivity (Wildman–Crippen MR) is 88.6 cm³/mol. The standard InChI is InChI=1S/C17H16FN3OS/c1-12-7-8-19-15(16(12)22-2)11-23-17-20-9-10-21(17)14-5-3-13(18)4-6-14/h3-10H,11H2,1-2H3. The molecule has 0 atom stereocenters. The van der Waals surface area contributed by atoms with Gasteiger partial charge in [0.1, 0.15) is 11.6 Å². The predicted octanol–water partition coefficient (Wildman–Crippen LogP) is 4.02. The summed E-state index contributed by atoms with van der Waals surface area (Å²) in [6.07, 6.45) is 5.36. The molecule has 3 aromatic rings. The van der Waals surface area contributed by atoms with E-state index in [1.54, 1.807) is 43.4 Å². The number of benzene rings is 1. The Balaban J connectivity index is 1.81. The van der Waals surface area contributed by atoms with Gasteiger partial charge in [0, 0.05) is 30.0 Å². The average Bonchev–Trinajstić information content (AvgIpc) is 3.02. The van der Waals surface area contributed by atoms with Gasteiger partial charge < -0.3 is 4.74 Å². The Morgan fingerprint density at radius 1 is 1.13 bits per heavy atom. The van der Waals surface area contributed by atoms with Crippen LogP contribution < -0.4 is 4.74 Å². The van der Waals surface area contributed by atoms with Crippen LogP contribution in [-0.4, -0.2) is 21.6 Å². The normalized spacial score (nSPS) is 10.7. The Morgan fingerprint density at radius 3 is 2.65 bits per heavy atom. The number of nitrogens with zero attached hydrogens (tertiary/aromatic N) is 3. The van der Waals surface area contributed by atoms with E-state index in [0.29, 0.717) is 5.75 Å². The minimum atomic E-state index is -0.253. The summed E-state index contributed by atoms with van der Waals surface area (Å²) in [6, 6.07) is 8.26. The first-order valence-corrected chi connectivity index (χ1v) is 8.08. The smallest absolute Gasteiger partial charge is 0.172 e. The topological polar surface area (TPSA) is 39.9 Å². The zero-order valence-electron chi connectivity index (χ0n) is 12.9. The molecular formula is C17H16FN3OS. The van der Waals surface area contributed by atoms with Crippen LogP contribution in [0.2, 0.25) is 0 Å². The third-order valence-electron chi connectivity index (χ3n) is 3.43. The molecule has 0 unspecified atom stereocenters. The molecule has 0 bridgehead atoms. The molecule has 118 valence electrons. The van der Waals surface area contributed by atoms with E-state index in [9.17, 15) is 4.39 Å². The van der Waals surface area contributed by atoms with Crippen molar-refractivity contribution in [1.82, 2.24) is 14.5 Å². The molecule has 4 nitrogen and oxygen atoms in total. The molecule has 0 radical (unpaired) electrons. The lowest BCUT2D eigenvalue weighted by Crippen LogP contribution is -1.99. The van der Waals surface area contributed by atoms with E-state index in [1.807, 2.05) is 23.8 Å². The summed E-state index contributed by atoms with van der Waals surface area (Å²) < 4.78 is 20.4. The van der Waals surface area contributed by atoms with Crippen molar-refractivity contribution in [3.05, 3.63) is 66.0 Å². The fourth-order valence-corrected chi connectivity index (χ4v) is 3.22. The van der Waals surface area contributed by atoms with E-state index in [1.165, 1.54) is 12.1 Å². The van der Waals surface area contributed by atoms with Gasteiger partial charge in [-0.1, -0.05) is 11.8 Å². The molecule has 0 amide bonds. The molecule has 0 saturated carbocycles. The number of rotatable bonds is 5. The summed E-state index contributed by atoms with van der Waals surface area (Å²) in [6.45, 7) is 1.99. The maximum absolute atomic E-state index is 13.1. The number of methoxy groups -OCH3 is 1. The fraction of sp³-hybridized carbons (Fsp3) is 0.176. The van der Waals surface area contributed by atoms with Crippen LogP contribution in [0.4, 0.5) is 4.39 Å². The Morgan fingerprint density at radius 2 is 1.91 bits per heavy atom. The summed E-state index contributed by atoms with van der Waals surface area (Å²) in [5.41, 5.74) is 2.81. The van der Waals surface area contributed by atoms with Crippen LogP contribution in [0, 0.1) is 12.7 Å². The minimum absolute atomic E-state index is 0.253. The van der Waals surface area contributed by atoms with Gasteiger partial charge in [-0.15, -0.1) is 0 Å². The molecule has 1 aromatic carbocycles. The lowest BCUT2D eigenvalue weighted by atomic mass is 10.2. The number of imidazole rings is 1. The van der Waals surface area contributed by atoms with Gasteiger partial charge in [-0.25, -0.2) is 9.37 Å². The molecule has 23 heavy (non-hydrogen) atoms. The van der Waals surface area contributed by atoms with Gasteiger partial charge in [-0.2, -0.15) is 0 Å². The second-order valence-corrected chi connectivity index (χ2v) is 5.90. The van der Waals surface area contributed by atoms with Crippen molar-refractivity contribution in [3.8, 4) is 11.4 Å². The van der Waals surface area contributed by atoms with Crippen molar-refractivity contribution in [3.63, 3.8) is 0 Å². The van der Waals surface area contributed by atoms with Crippen molar-refractivity contribution in [1.29, 1.82) is 0 Å². The van der Waals surface area contributed by atoms with E-state index in [2.05, 4.69) is 9.97 Å². The van der Waals surface area contributed by atoms with Crippen LogP contribution >= 0.6 is 11.8 Å². The van der Waals surface area contributed by atoms with Gasteiger partial charge in [0.2, 0.25) is 0 Å². The third-order valence-corrected chi connectivity index (χ3v) is 4.41. The van der Waals surface area contributed by atoms with Crippen LogP contribution in [-0.2, 0) is 5.75 Å². The van der Waals surface area contributed by atoms with Crippen LogP contribution in [0.3, 0.4) is 0 Å². The lowest BCUT2D eigenvalue weighted by molar-refractivity contribution is 0.405. The van der Waals surface area contributed by atoms with Crippen molar-refractivity contribution < 1.29 is 9.13 Å². The average molecular weight is 329 g/mol. The van der Waals surface area contributed by atoms with E-state index < -0.39 is 0 Å². The van der Waals surface area contributed by atoms with Crippen molar-refractivity contribution in [2.45, 2.75) is 17.8 Å². The lowest BCUT2D eigenvalue weighted by Gasteiger charge is -2.11. The number of thioether (sulfide) groups is 1. The van der Waals surface area contributed by atoms with Gasteiger partial charge in [0.05, 0.1) is 12.8 Å². The second-order valence-electron chi connectivity index (χ2n) is 4.95. The number of hydrogen-bond acceptors (Lipinski definition) is 4. The van der Waals surface area contributed by atoms with Crippen LogP contribution in [0.5, 0.6) is 5.75 Å². The minimum Gasteiger partial charge on any atom is -0.495 e. The molecule has 0 N–H and O–H groups in total. The molecule has 2 aromatic heterocycles. The SMILES string of the molecule is COc1c(C)ccnc1CSc1nccn1-c1ccc(F)cc1. The van der Waals surface area contributed by atoms with E-state index in [0.717, 1.165) is 27.9 Å². The summed E-state index contributed by atoms with van der Waals surface area (Å²) in [5.74, 6) is 1.19. The maximum atomic E-state index is 13.1. The number of halogens is 1. The van der Waals surface area contributed by atoms with Gasteiger partial charge in [-0.3, -0.25) is 9.55 Å². The molecule has 3 rings (SSSR count). The van der Waals surface area contributed by atoms with E-state index in [-0.39, 0.29) is 5.82 Å². The molecule has 0 aliphatic carbocycles. The Labute approximate surface area is 138 Å². The monoisotopic (exact) mass is 329 g/mol. The highest BCUT2D eigenvalue weighted by atomic mass is 32.2. The highest BCUT2D eigenvalue weighted by Gasteiger charge is 2.11. The molecule has 0 saturated heterocycles. The Kier molecular flexibility index (Phi) is 4.62. The number of pyridine rings is 1. The number of aryl methyl sites for hydroxylation is 1. The number of aromatic nitrogens is 3. The zero-order valence-corrected chi connectivity index (χ0v) is 13.7. The molecule has 6 heteroatoms. The highest BCUT2D eigenvalue weighted by molar-refractivity contribution is 7.98. The second kappa shape index (κ2) is 6.83. The molecule has 0 spiro atoms. The first kappa shape index (κ1) is 15.6. The van der Waals surface area contributed by atoms with Gasteiger partial charge in [0.15, 0.2) is 5.16 Å². The van der Waals surface area contributed by atoms with E-state index >= 15 is 0 Å². The third kappa shape index (κ3) is 3.37. The van der Waals surface area contributed by atoms with Crippen molar-refractivity contribution in [2.24, 2.45) is 0 Å². The maximum Gasteiger partial charge on any atom is 0.172 e. The summed E-state index contributed by atoms with van der Waals surface area (Å²) in [7, 11) is 1.65. The Hall–Kier alpha value is -2.34. The summed E-state index contributed by atoms with van der Waals surface area (Å²) in [4.78, 5) is 8.76. The summed E-state index contributed by atoms with van der Waals surface area (Å²) >= 11 is 1.56. The van der Waals surface area contributed by atoms with Crippen LogP contribution in [0.1, 0.15) is 11.3 Å². The fourth-order valence-electron chi connectivity index (χ4n) is 2.31. The zero-order chi connectivity index (χ0) is 16.2.